The Morgan fingerprint density at radius 1 is 1.46 bits per heavy atom. The van der Waals surface area contributed by atoms with Crippen LogP contribution in [0.25, 0.3) is 0 Å². The quantitative estimate of drug-likeness (QED) is 0.864. The first kappa shape index (κ1) is 18.0. The number of carbonyl (C=O) groups is 1. The average Bonchev–Trinajstić information content (AvgIpc) is 2.55. The van der Waals surface area contributed by atoms with E-state index in [1.807, 2.05) is 39.8 Å². The van der Waals surface area contributed by atoms with Crippen LogP contribution in [0.1, 0.15) is 57.2 Å². The fraction of sp³-hybridized carbons (Fsp3) is 0.526. The average molecular weight is 327 g/mol. The molecule has 0 aromatic carbocycles. The van der Waals surface area contributed by atoms with Crippen LogP contribution < -0.4 is 5.32 Å². The van der Waals surface area contributed by atoms with E-state index >= 15 is 0 Å². The van der Waals surface area contributed by atoms with E-state index in [1.54, 1.807) is 6.20 Å². The number of nitriles is 1. The minimum absolute atomic E-state index is 0.216. The van der Waals surface area contributed by atoms with Gasteiger partial charge in [0.1, 0.15) is 0 Å². The van der Waals surface area contributed by atoms with E-state index < -0.39 is 17.3 Å². The van der Waals surface area contributed by atoms with Gasteiger partial charge in [-0.2, -0.15) is 5.26 Å². The van der Waals surface area contributed by atoms with Crippen molar-refractivity contribution in [1.82, 2.24) is 10.3 Å². The molecule has 5 heteroatoms. The van der Waals surface area contributed by atoms with Crippen LogP contribution in [0, 0.1) is 23.7 Å². The predicted molar refractivity (Wildman–Crippen MR) is 92.2 cm³/mol. The van der Waals surface area contributed by atoms with Crippen LogP contribution in [0.5, 0.6) is 0 Å². The number of aryl methyl sites for hydroxylation is 1. The molecule has 1 aliphatic heterocycles. The molecule has 24 heavy (non-hydrogen) atoms. The first-order chi connectivity index (χ1) is 11.4. The molecular formula is C19H25N3O2. The summed E-state index contributed by atoms with van der Waals surface area (Å²) in [5.74, 6) is -1.35. The Kier molecular flexibility index (Phi) is 5.28. The summed E-state index contributed by atoms with van der Waals surface area (Å²) in [7, 11) is 0. The number of hydrogen-bond donors (Lipinski definition) is 2. The smallest absolute Gasteiger partial charge is 0.312 e. The standard InChI is InChI=1S/C19H25N3O2/c1-5-8-16-19(6-2,18(23)24)17(15(11-20)13(4)22-16)14-9-7-10-21-12(14)3/h7,9-10,16-17,22H,5-6,8H2,1-4H3,(H,23,24). The molecule has 0 bridgehead atoms. The highest BCUT2D eigenvalue weighted by Crippen LogP contribution is 2.51. The molecule has 128 valence electrons. The molecule has 1 aliphatic rings. The highest BCUT2D eigenvalue weighted by Gasteiger charge is 2.55. The van der Waals surface area contributed by atoms with Crippen molar-refractivity contribution in [3.05, 3.63) is 40.9 Å². The molecule has 0 fully saturated rings. The van der Waals surface area contributed by atoms with Gasteiger partial charge >= 0.3 is 5.97 Å². The van der Waals surface area contributed by atoms with Gasteiger partial charge in [0.2, 0.25) is 0 Å². The summed E-state index contributed by atoms with van der Waals surface area (Å²) in [6.07, 6.45) is 3.75. The third kappa shape index (κ3) is 2.66. The molecule has 0 aliphatic carbocycles. The van der Waals surface area contributed by atoms with Crippen molar-refractivity contribution in [1.29, 1.82) is 5.26 Å². The molecule has 0 saturated heterocycles. The SMILES string of the molecule is CCCC1NC(C)=C(C#N)C(c2cccnc2C)C1(CC)C(=O)O. The minimum Gasteiger partial charge on any atom is -0.481 e. The Morgan fingerprint density at radius 3 is 2.67 bits per heavy atom. The number of rotatable bonds is 5. The van der Waals surface area contributed by atoms with Gasteiger partial charge in [-0.05, 0) is 38.3 Å². The summed E-state index contributed by atoms with van der Waals surface area (Å²) in [6.45, 7) is 7.68. The molecule has 2 N–H and O–H groups in total. The van der Waals surface area contributed by atoms with E-state index in [4.69, 9.17) is 0 Å². The third-order valence-corrected chi connectivity index (χ3v) is 5.26. The lowest BCUT2D eigenvalue weighted by molar-refractivity contribution is -0.153. The summed E-state index contributed by atoms with van der Waals surface area (Å²) < 4.78 is 0. The van der Waals surface area contributed by atoms with Crippen LogP contribution in [0.15, 0.2) is 29.6 Å². The monoisotopic (exact) mass is 327 g/mol. The van der Waals surface area contributed by atoms with Crippen LogP contribution in [0.3, 0.4) is 0 Å². The van der Waals surface area contributed by atoms with Crippen LogP contribution in [0.4, 0.5) is 0 Å². The second-order valence-corrected chi connectivity index (χ2v) is 6.45. The molecule has 1 aromatic rings. The highest BCUT2D eigenvalue weighted by atomic mass is 16.4. The normalized spacial score (nSPS) is 26.6. The molecule has 2 heterocycles. The van der Waals surface area contributed by atoms with Crippen LogP contribution >= 0.6 is 0 Å². The fourth-order valence-corrected chi connectivity index (χ4v) is 4.02. The Bertz CT molecular complexity index is 705. The van der Waals surface area contributed by atoms with Crippen molar-refractivity contribution in [2.75, 3.05) is 0 Å². The zero-order valence-electron chi connectivity index (χ0n) is 14.8. The van der Waals surface area contributed by atoms with Gasteiger partial charge in [0.25, 0.3) is 0 Å². The maximum atomic E-state index is 12.5. The second kappa shape index (κ2) is 7.04. The van der Waals surface area contributed by atoms with Crippen molar-refractivity contribution >= 4 is 5.97 Å². The van der Waals surface area contributed by atoms with E-state index in [9.17, 15) is 15.2 Å². The van der Waals surface area contributed by atoms with Gasteiger partial charge < -0.3 is 10.4 Å². The van der Waals surface area contributed by atoms with Crippen molar-refractivity contribution < 1.29 is 9.90 Å². The van der Waals surface area contributed by atoms with Crippen molar-refractivity contribution in [3.63, 3.8) is 0 Å². The number of aliphatic carboxylic acids is 1. The van der Waals surface area contributed by atoms with Gasteiger partial charge in [0, 0.05) is 29.5 Å². The fourth-order valence-electron chi connectivity index (χ4n) is 4.02. The van der Waals surface area contributed by atoms with Gasteiger partial charge in [-0.3, -0.25) is 9.78 Å². The van der Waals surface area contributed by atoms with Crippen LogP contribution in [-0.2, 0) is 4.79 Å². The molecule has 2 rings (SSSR count). The number of carboxylic acids is 1. The predicted octanol–water partition coefficient (Wildman–Crippen LogP) is 3.52. The Balaban J connectivity index is 2.80. The second-order valence-electron chi connectivity index (χ2n) is 6.45. The van der Waals surface area contributed by atoms with Gasteiger partial charge in [-0.15, -0.1) is 0 Å². The lowest BCUT2D eigenvalue weighted by Crippen LogP contribution is -2.56. The zero-order valence-corrected chi connectivity index (χ0v) is 14.8. The number of aromatic nitrogens is 1. The molecule has 3 atom stereocenters. The first-order valence-corrected chi connectivity index (χ1v) is 8.46. The number of nitrogens with one attached hydrogen (secondary N) is 1. The number of nitrogens with zero attached hydrogens (tertiary/aromatic N) is 2. The number of hydrogen-bond acceptors (Lipinski definition) is 4. The van der Waals surface area contributed by atoms with E-state index in [1.165, 1.54) is 0 Å². The van der Waals surface area contributed by atoms with E-state index in [2.05, 4.69) is 16.4 Å². The van der Waals surface area contributed by atoms with Crippen molar-refractivity contribution in [2.45, 2.75) is 58.9 Å². The third-order valence-electron chi connectivity index (χ3n) is 5.26. The minimum atomic E-state index is -1.06. The Morgan fingerprint density at radius 2 is 2.17 bits per heavy atom. The van der Waals surface area contributed by atoms with E-state index in [-0.39, 0.29) is 6.04 Å². The lowest BCUT2D eigenvalue weighted by atomic mass is 9.59. The molecule has 0 amide bonds. The topological polar surface area (TPSA) is 86.0 Å². The van der Waals surface area contributed by atoms with Gasteiger partial charge in [0.05, 0.1) is 17.1 Å². The maximum Gasteiger partial charge on any atom is 0.312 e. The number of carboxylic acid groups (broad SMARTS) is 1. The Hall–Kier alpha value is -2.35. The van der Waals surface area contributed by atoms with Gasteiger partial charge in [-0.1, -0.05) is 26.3 Å². The van der Waals surface area contributed by atoms with Crippen LogP contribution in [-0.4, -0.2) is 22.1 Å². The molecule has 1 aromatic heterocycles. The lowest BCUT2D eigenvalue weighted by Gasteiger charge is -2.47. The van der Waals surface area contributed by atoms with Crippen LogP contribution in [0.2, 0.25) is 0 Å². The van der Waals surface area contributed by atoms with Gasteiger partial charge in [0.15, 0.2) is 0 Å². The summed E-state index contributed by atoms with van der Waals surface area (Å²) >= 11 is 0. The molecule has 0 saturated carbocycles. The molecule has 0 radical (unpaired) electrons. The summed E-state index contributed by atoms with van der Waals surface area (Å²) in [5, 5.41) is 23.3. The number of allylic oxidation sites excluding steroid dienone is 2. The van der Waals surface area contributed by atoms with Crippen molar-refractivity contribution in [2.24, 2.45) is 5.41 Å². The Labute approximate surface area is 143 Å². The molecular weight excluding hydrogens is 302 g/mol. The molecule has 0 spiro atoms. The van der Waals surface area contributed by atoms with Gasteiger partial charge in [-0.25, -0.2) is 0 Å². The molecule has 5 nitrogen and oxygen atoms in total. The maximum absolute atomic E-state index is 12.5. The number of pyridine rings is 1. The summed E-state index contributed by atoms with van der Waals surface area (Å²) in [5.41, 5.74) is 1.82. The largest absolute Gasteiger partial charge is 0.481 e. The summed E-state index contributed by atoms with van der Waals surface area (Å²) in [4.78, 5) is 16.8. The first-order valence-electron chi connectivity index (χ1n) is 8.46. The van der Waals surface area contributed by atoms with E-state index in [0.717, 1.165) is 29.8 Å². The van der Waals surface area contributed by atoms with E-state index in [0.29, 0.717) is 12.0 Å². The zero-order chi connectivity index (χ0) is 17.9. The summed E-state index contributed by atoms with van der Waals surface area (Å²) in [6, 6.07) is 5.76. The van der Waals surface area contributed by atoms with Crippen molar-refractivity contribution in [3.8, 4) is 6.07 Å². The molecule has 3 unspecified atom stereocenters. The highest BCUT2D eigenvalue weighted by molar-refractivity contribution is 5.79.